The van der Waals surface area contributed by atoms with Gasteiger partial charge in [-0.15, -0.1) is 0 Å². The Hall–Kier alpha value is -1.92. The number of aromatic nitrogens is 2. The Labute approximate surface area is 140 Å². The summed E-state index contributed by atoms with van der Waals surface area (Å²) in [6.45, 7) is 4.75. The van der Waals surface area contributed by atoms with Crippen LogP contribution in [-0.4, -0.2) is 21.2 Å². The summed E-state index contributed by atoms with van der Waals surface area (Å²) in [6.07, 6.45) is 1.72. The predicted octanol–water partition coefficient (Wildman–Crippen LogP) is 2.82. The van der Waals surface area contributed by atoms with Crippen LogP contribution >= 0.6 is 12.2 Å². The highest BCUT2D eigenvalue weighted by Crippen LogP contribution is 2.32. The smallest absolute Gasteiger partial charge is 0.260 e. The van der Waals surface area contributed by atoms with Gasteiger partial charge in [0.1, 0.15) is 0 Å². The van der Waals surface area contributed by atoms with Gasteiger partial charge in [0, 0.05) is 12.6 Å². The number of aromatic amines is 1. The van der Waals surface area contributed by atoms with E-state index in [0.29, 0.717) is 5.56 Å². The molecule has 1 aliphatic rings. The van der Waals surface area contributed by atoms with Crippen LogP contribution in [0.5, 0.6) is 5.88 Å². The summed E-state index contributed by atoms with van der Waals surface area (Å²) in [5.41, 5.74) is 2.24. The fourth-order valence-electron chi connectivity index (χ4n) is 3.17. The maximum absolute atomic E-state index is 12.5. The van der Waals surface area contributed by atoms with Crippen molar-refractivity contribution in [3.8, 4) is 5.88 Å². The second kappa shape index (κ2) is 6.29. The zero-order valence-corrected chi connectivity index (χ0v) is 14.1. The van der Waals surface area contributed by atoms with Gasteiger partial charge in [0.05, 0.1) is 11.6 Å². The van der Waals surface area contributed by atoms with Crippen molar-refractivity contribution in [1.29, 1.82) is 0 Å². The molecule has 0 aliphatic carbocycles. The van der Waals surface area contributed by atoms with Crippen LogP contribution in [0.15, 0.2) is 29.1 Å². The third kappa shape index (κ3) is 2.72. The van der Waals surface area contributed by atoms with Crippen LogP contribution in [0, 0.1) is 4.77 Å². The molecule has 0 bridgehead atoms. The molecule has 3 rings (SSSR count). The first-order chi connectivity index (χ1) is 11.0. The number of benzene rings is 1. The Morgan fingerprint density at radius 3 is 2.91 bits per heavy atom. The highest BCUT2D eigenvalue weighted by atomic mass is 32.1. The number of hydrogen-bond donors (Lipinski definition) is 3. The second-order valence-electron chi connectivity index (χ2n) is 5.96. The molecule has 122 valence electrons. The van der Waals surface area contributed by atoms with Crippen LogP contribution in [0.2, 0.25) is 0 Å². The van der Waals surface area contributed by atoms with E-state index in [9.17, 15) is 9.90 Å². The first kappa shape index (κ1) is 16.0. The quantitative estimate of drug-likeness (QED) is 0.757. The number of hydrogen-bond acceptors (Lipinski definition) is 4. The van der Waals surface area contributed by atoms with E-state index in [2.05, 4.69) is 16.4 Å². The van der Waals surface area contributed by atoms with Gasteiger partial charge < -0.3 is 10.4 Å². The van der Waals surface area contributed by atoms with E-state index in [1.807, 2.05) is 32.0 Å². The Kier molecular flexibility index (Phi) is 4.37. The third-order valence-corrected chi connectivity index (χ3v) is 4.88. The highest BCUT2D eigenvalue weighted by Gasteiger charge is 2.28. The summed E-state index contributed by atoms with van der Waals surface area (Å²) >= 11 is 5.24. The average Bonchev–Trinajstić information content (AvgIpc) is 2.54. The fraction of sp³-hybridized carbons (Fsp3) is 0.412. The van der Waals surface area contributed by atoms with Gasteiger partial charge in [0.25, 0.3) is 5.56 Å². The Balaban J connectivity index is 2.22. The lowest BCUT2D eigenvalue weighted by atomic mass is 9.90. The van der Waals surface area contributed by atoms with Crippen LogP contribution in [0.25, 0.3) is 0 Å². The Morgan fingerprint density at radius 2 is 2.17 bits per heavy atom. The zero-order valence-electron chi connectivity index (χ0n) is 13.3. The molecular formula is C17H21N3O2S. The summed E-state index contributed by atoms with van der Waals surface area (Å²) in [6, 6.07) is 7.70. The maximum Gasteiger partial charge on any atom is 0.260 e. The van der Waals surface area contributed by atoms with E-state index in [0.717, 1.165) is 24.9 Å². The van der Waals surface area contributed by atoms with Crippen molar-refractivity contribution < 1.29 is 5.11 Å². The third-order valence-electron chi connectivity index (χ3n) is 4.58. The van der Waals surface area contributed by atoms with Crippen LogP contribution in [0.4, 0.5) is 0 Å². The first-order valence-corrected chi connectivity index (χ1v) is 8.34. The van der Waals surface area contributed by atoms with Crippen molar-refractivity contribution in [3.05, 3.63) is 56.1 Å². The van der Waals surface area contributed by atoms with E-state index in [1.165, 1.54) is 5.56 Å². The van der Waals surface area contributed by atoms with Crippen molar-refractivity contribution in [2.75, 3.05) is 6.54 Å². The second-order valence-corrected chi connectivity index (χ2v) is 6.35. The van der Waals surface area contributed by atoms with E-state index in [1.54, 1.807) is 4.57 Å². The molecule has 6 heteroatoms. The molecule has 0 radical (unpaired) electrons. The van der Waals surface area contributed by atoms with Gasteiger partial charge in [-0.2, -0.15) is 0 Å². The van der Waals surface area contributed by atoms with Gasteiger partial charge in [-0.05, 0) is 43.1 Å². The fourth-order valence-corrected chi connectivity index (χ4v) is 3.53. The molecule has 2 aromatic rings. The number of fused-ring (bicyclic) bond motifs is 1. The first-order valence-electron chi connectivity index (χ1n) is 7.93. The average molecular weight is 331 g/mol. The monoisotopic (exact) mass is 331 g/mol. The lowest BCUT2D eigenvalue weighted by molar-refractivity contribution is 0.358. The minimum absolute atomic E-state index is 0.0111. The van der Waals surface area contributed by atoms with E-state index < -0.39 is 0 Å². The summed E-state index contributed by atoms with van der Waals surface area (Å²) < 4.78 is 1.89. The topological polar surface area (TPSA) is 70.0 Å². The molecule has 23 heavy (non-hydrogen) atoms. The molecule has 0 fully saturated rings. The summed E-state index contributed by atoms with van der Waals surface area (Å²) in [4.78, 5) is 15.2. The van der Waals surface area contributed by atoms with Crippen LogP contribution in [-0.2, 0) is 6.42 Å². The standard InChI is InChI=1S/C17H21N3O2S/c1-3-10(2)20-16(22)13(15(21)19-17(20)23)14-12-7-5-4-6-11(12)8-9-18-14/h4-7,10,14,18,22H,3,8-9H2,1-2H3,(H,19,21,23)/t10-,14-/m0/s1. The van der Waals surface area contributed by atoms with Gasteiger partial charge in [-0.3, -0.25) is 14.3 Å². The number of aromatic hydroxyl groups is 1. The Bertz CT molecular complexity index is 840. The largest absolute Gasteiger partial charge is 0.494 e. The van der Waals surface area contributed by atoms with Gasteiger partial charge in [-0.25, -0.2) is 0 Å². The van der Waals surface area contributed by atoms with Crippen LogP contribution < -0.4 is 10.9 Å². The highest BCUT2D eigenvalue weighted by molar-refractivity contribution is 7.71. The lowest BCUT2D eigenvalue weighted by Gasteiger charge is -2.28. The van der Waals surface area contributed by atoms with Crippen molar-refractivity contribution in [1.82, 2.24) is 14.9 Å². The number of H-pyrrole nitrogens is 1. The normalized spacial score (nSPS) is 18.4. The number of nitrogens with zero attached hydrogens (tertiary/aromatic N) is 1. The van der Waals surface area contributed by atoms with Crippen molar-refractivity contribution in [3.63, 3.8) is 0 Å². The lowest BCUT2D eigenvalue weighted by Crippen LogP contribution is -2.35. The van der Waals surface area contributed by atoms with Crippen molar-refractivity contribution >= 4 is 12.2 Å². The van der Waals surface area contributed by atoms with Crippen molar-refractivity contribution in [2.24, 2.45) is 0 Å². The summed E-state index contributed by atoms with van der Waals surface area (Å²) in [7, 11) is 0. The molecule has 1 aromatic heterocycles. The summed E-state index contributed by atoms with van der Waals surface area (Å²) in [5.74, 6) is -0.0395. The summed E-state index contributed by atoms with van der Waals surface area (Å²) in [5, 5.41) is 14.1. The van der Waals surface area contributed by atoms with E-state index >= 15 is 0 Å². The van der Waals surface area contributed by atoms with Crippen LogP contribution in [0.3, 0.4) is 0 Å². The SMILES string of the molecule is CC[C@H](C)n1c(O)c([C@H]2NCCc3ccccc32)c(=O)[nH]c1=S. The van der Waals surface area contributed by atoms with E-state index in [-0.39, 0.29) is 28.3 Å². The number of rotatable bonds is 3. The molecular weight excluding hydrogens is 310 g/mol. The van der Waals surface area contributed by atoms with Crippen molar-refractivity contribution in [2.45, 2.75) is 38.8 Å². The minimum atomic E-state index is -0.332. The van der Waals surface area contributed by atoms with Gasteiger partial charge in [0.15, 0.2) is 4.77 Å². The molecule has 0 unspecified atom stereocenters. The van der Waals surface area contributed by atoms with E-state index in [4.69, 9.17) is 12.2 Å². The zero-order chi connectivity index (χ0) is 16.6. The molecule has 0 amide bonds. The number of nitrogens with one attached hydrogen (secondary N) is 2. The van der Waals surface area contributed by atoms with Crippen LogP contribution in [0.1, 0.15) is 49.0 Å². The predicted molar refractivity (Wildman–Crippen MR) is 92.5 cm³/mol. The maximum atomic E-state index is 12.5. The molecule has 0 saturated heterocycles. The molecule has 0 spiro atoms. The molecule has 5 nitrogen and oxygen atoms in total. The molecule has 1 aromatic carbocycles. The molecule has 2 heterocycles. The molecule has 1 aliphatic heterocycles. The van der Waals surface area contributed by atoms with Gasteiger partial charge >= 0.3 is 0 Å². The molecule has 0 saturated carbocycles. The van der Waals surface area contributed by atoms with Gasteiger partial charge in [-0.1, -0.05) is 31.2 Å². The molecule has 3 N–H and O–H groups in total. The molecule has 2 atom stereocenters. The van der Waals surface area contributed by atoms with Gasteiger partial charge in [0.2, 0.25) is 5.88 Å². The minimum Gasteiger partial charge on any atom is -0.494 e. The Morgan fingerprint density at radius 1 is 1.43 bits per heavy atom.